The van der Waals surface area contributed by atoms with Crippen molar-refractivity contribution in [3.05, 3.63) is 113 Å². The van der Waals surface area contributed by atoms with Gasteiger partial charge < -0.3 is 14.8 Å². The Morgan fingerprint density at radius 1 is 0.970 bits per heavy atom. The van der Waals surface area contributed by atoms with E-state index in [0.717, 1.165) is 34.0 Å². The highest BCUT2D eigenvalue weighted by atomic mass is 32.1. The summed E-state index contributed by atoms with van der Waals surface area (Å²) in [5, 5.41) is 4.16. The number of benzene rings is 1. The second-order valence-corrected chi connectivity index (χ2v) is 8.60. The lowest BCUT2D eigenvalue weighted by molar-refractivity contribution is 0.307. The van der Waals surface area contributed by atoms with Gasteiger partial charge in [0.05, 0.1) is 30.0 Å². The van der Waals surface area contributed by atoms with Gasteiger partial charge in [-0.2, -0.15) is 0 Å². The molecule has 33 heavy (non-hydrogen) atoms. The first kappa shape index (κ1) is 21.3. The third-order valence-corrected chi connectivity index (χ3v) is 6.46. The molecule has 0 amide bonds. The standard InChI is InChI=1S/C26H24FN5S/c1-17-14-22(18(2)32(17)21-10-7-8-19(27)15-21)25-24(23-11-4-6-13-29-23)30-26(33)31(25)16-20-9-3-5-12-28-20/h3-15,24-25H,16H2,1-2H3,(H,30,33)/t24-,25-/m1/s1. The molecule has 0 bridgehead atoms. The van der Waals surface area contributed by atoms with Crippen molar-refractivity contribution in [3.8, 4) is 5.69 Å². The molecule has 7 heteroatoms. The van der Waals surface area contributed by atoms with E-state index in [9.17, 15) is 4.39 Å². The number of halogens is 1. The zero-order chi connectivity index (χ0) is 22.9. The van der Waals surface area contributed by atoms with Gasteiger partial charge in [-0.05, 0) is 80.2 Å². The summed E-state index contributed by atoms with van der Waals surface area (Å²) in [5.74, 6) is -0.256. The number of nitrogens with zero attached hydrogens (tertiary/aromatic N) is 4. The van der Waals surface area contributed by atoms with Crippen molar-refractivity contribution in [3.63, 3.8) is 0 Å². The lowest BCUT2D eigenvalue weighted by atomic mass is 9.96. The van der Waals surface area contributed by atoms with E-state index in [1.165, 1.54) is 6.07 Å². The summed E-state index contributed by atoms with van der Waals surface area (Å²) in [5.41, 5.74) is 5.85. The molecular formula is C26H24FN5S. The molecule has 1 aromatic carbocycles. The topological polar surface area (TPSA) is 46.0 Å². The number of nitrogens with one attached hydrogen (secondary N) is 1. The largest absolute Gasteiger partial charge is 0.352 e. The van der Waals surface area contributed by atoms with Crippen LogP contribution in [0.2, 0.25) is 0 Å². The molecule has 1 aliphatic heterocycles. The van der Waals surface area contributed by atoms with E-state index >= 15 is 0 Å². The maximum absolute atomic E-state index is 14.0. The maximum Gasteiger partial charge on any atom is 0.170 e. The normalized spacial score (nSPS) is 17.9. The van der Waals surface area contributed by atoms with E-state index in [2.05, 4.69) is 37.7 Å². The number of hydrogen-bond donors (Lipinski definition) is 1. The summed E-state index contributed by atoms with van der Waals surface area (Å²) in [6.07, 6.45) is 3.59. The number of thiocarbonyl (C=S) groups is 1. The Morgan fingerprint density at radius 2 is 1.76 bits per heavy atom. The van der Waals surface area contributed by atoms with Gasteiger partial charge in [0.15, 0.2) is 5.11 Å². The average Bonchev–Trinajstić information content (AvgIpc) is 3.30. The van der Waals surface area contributed by atoms with Gasteiger partial charge in [-0.3, -0.25) is 9.97 Å². The van der Waals surface area contributed by atoms with E-state index in [1.54, 1.807) is 24.5 Å². The number of aryl methyl sites for hydroxylation is 1. The van der Waals surface area contributed by atoms with Crippen LogP contribution >= 0.6 is 12.2 Å². The Labute approximate surface area is 197 Å². The van der Waals surface area contributed by atoms with Gasteiger partial charge in [0.1, 0.15) is 5.82 Å². The van der Waals surface area contributed by atoms with Crippen LogP contribution in [0.4, 0.5) is 4.39 Å². The molecule has 166 valence electrons. The summed E-state index contributed by atoms with van der Waals surface area (Å²) < 4.78 is 16.1. The van der Waals surface area contributed by atoms with Gasteiger partial charge in [-0.1, -0.05) is 18.2 Å². The Balaban J connectivity index is 1.62. The van der Waals surface area contributed by atoms with Crippen LogP contribution in [0.5, 0.6) is 0 Å². The molecule has 0 unspecified atom stereocenters. The fourth-order valence-corrected chi connectivity index (χ4v) is 4.99. The van der Waals surface area contributed by atoms with Gasteiger partial charge in [-0.25, -0.2) is 4.39 Å². The quantitative estimate of drug-likeness (QED) is 0.418. The minimum absolute atomic E-state index is 0.0945. The Bertz CT molecular complexity index is 1290. The van der Waals surface area contributed by atoms with E-state index in [1.807, 2.05) is 49.4 Å². The lowest BCUT2D eigenvalue weighted by Gasteiger charge is -2.28. The highest BCUT2D eigenvalue weighted by molar-refractivity contribution is 7.80. The SMILES string of the molecule is Cc1cc([C@@H]2[C@@H](c3ccccn3)NC(=S)N2Cc2ccccn2)c(C)n1-c1cccc(F)c1. The molecule has 5 nitrogen and oxygen atoms in total. The minimum Gasteiger partial charge on any atom is -0.352 e. The first-order valence-corrected chi connectivity index (χ1v) is 11.3. The molecule has 1 aliphatic rings. The monoisotopic (exact) mass is 457 g/mol. The van der Waals surface area contributed by atoms with Gasteiger partial charge in [0, 0.05) is 29.5 Å². The van der Waals surface area contributed by atoms with E-state index in [0.29, 0.717) is 11.7 Å². The van der Waals surface area contributed by atoms with Gasteiger partial charge in [0.2, 0.25) is 0 Å². The zero-order valence-electron chi connectivity index (χ0n) is 18.4. The Kier molecular flexibility index (Phi) is 5.64. The molecule has 4 aromatic rings. The van der Waals surface area contributed by atoms with Crippen molar-refractivity contribution in [2.75, 3.05) is 0 Å². The molecular weight excluding hydrogens is 433 g/mol. The van der Waals surface area contributed by atoms with Crippen LogP contribution in [0.25, 0.3) is 5.69 Å². The molecule has 1 saturated heterocycles. The highest BCUT2D eigenvalue weighted by Crippen LogP contribution is 2.42. The van der Waals surface area contributed by atoms with E-state index < -0.39 is 0 Å². The van der Waals surface area contributed by atoms with Crippen LogP contribution in [-0.4, -0.2) is 24.5 Å². The van der Waals surface area contributed by atoms with Crippen molar-refractivity contribution in [2.24, 2.45) is 0 Å². The van der Waals surface area contributed by atoms with Crippen molar-refractivity contribution < 1.29 is 4.39 Å². The first-order chi connectivity index (χ1) is 16.0. The van der Waals surface area contributed by atoms with E-state index in [4.69, 9.17) is 12.2 Å². The summed E-state index contributed by atoms with van der Waals surface area (Å²) in [6.45, 7) is 4.69. The van der Waals surface area contributed by atoms with Crippen LogP contribution < -0.4 is 5.32 Å². The average molecular weight is 458 g/mol. The lowest BCUT2D eigenvalue weighted by Crippen LogP contribution is -2.29. The zero-order valence-corrected chi connectivity index (χ0v) is 19.3. The number of rotatable bonds is 5. The van der Waals surface area contributed by atoms with Gasteiger partial charge in [0.25, 0.3) is 0 Å². The van der Waals surface area contributed by atoms with Gasteiger partial charge in [-0.15, -0.1) is 0 Å². The molecule has 4 heterocycles. The summed E-state index contributed by atoms with van der Waals surface area (Å²) in [7, 11) is 0. The third kappa shape index (κ3) is 4.00. The highest BCUT2D eigenvalue weighted by Gasteiger charge is 2.41. The molecule has 0 radical (unpaired) electrons. The van der Waals surface area contributed by atoms with Crippen LogP contribution in [0.15, 0.2) is 79.1 Å². The molecule has 0 aliphatic carbocycles. The molecule has 5 rings (SSSR count). The smallest absolute Gasteiger partial charge is 0.170 e. The van der Waals surface area contributed by atoms with Crippen LogP contribution in [-0.2, 0) is 6.54 Å². The Hall–Kier alpha value is -3.58. The minimum atomic E-state index is -0.256. The third-order valence-electron chi connectivity index (χ3n) is 6.11. The predicted octanol–water partition coefficient (Wildman–Crippen LogP) is 5.20. The fraction of sp³-hybridized carbons (Fsp3) is 0.192. The molecule has 1 fully saturated rings. The molecule has 3 aromatic heterocycles. The fourth-order valence-electron chi connectivity index (χ4n) is 4.68. The molecule has 1 N–H and O–H groups in total. The first-order valence-electron chi connectivity index (χ1n) is 10.9. The maximum atomic E-state index is 14.0. The van der Waals surface area contributed by atoms with Crippen LogP contribution in [0.3, 0.4) is 0 Å². The number of pyridine rings is 2. The molecule has 2 atom stereocenters. The van der Waals surface area contributed by atoms with Gasteiger partial charge >= 0.3 is 0 Å². The summed E-state index contributed by atoms with van der Waals surface area (Å²) in [4.78, 5) is 11.3. The van der Waals surface area contributed by atoms with Crippen molar-refractivity contribution >= 4 is 17.3 Å². The van der Waals surface area contributed by atoms with Crippen molar-refractivity contribution in [2.45, 2.75) is 32.5 Å². The summed E-state index contributed by atoms with van der Waals surface area (Å²) >= 11 is 5.79. The number of hydrogen-bond acceptors (Lipinski definition) is 3. The predicted molar refractivity (Wildman–Crippen MR) is 130 cm³/mol. The van der Waals surface area contributed by atoms with Crippen molar-refractivity contribution in [1.29, 1.82) is 0 Å². The second-order valence-electron chi connectivity index (χ2n) is 8.22. The number of aromatic nitrogens is 3. The molecule has 0 saturated carbocycles. The van der Waals surface area contributed by atoms with E-state index in [-0.39, 0.29) is 17.9 Å². The van der Waals surface area contributed by atoms with Crippen LogP contribution in [0.1, 0.15) is 40.4 Å². The molecule has 0 spiro atoms. The Morgan fingerprint density at radius 3 is 2.45 bits per heavy atom. The summed E-state index contributed by atoms with van der Waals surface area (Å²) in [6, 6.07) is 20.4. The van der Waals surface area contributed by atoms with Crippen LogP contribution in [0, 0.1) is 19.7 Å². The second kappa shape index (κ2) is 8.75. The van der Waals surface area contributed by atoms with Crippen molar-refractivity contribution in [1.82, 2.24) is 24.8 Å².